The second kappa shape index (κ2) is 5.54. The lowest BCUT2D eigenvalue weighted by molar-refractivity contribution is 0.168. The van der Waals surface area contributed by atoms with Gasteiger partial charge < -0.3 is 9.80 Å². The highest BCUT2D eigenvalue weighted by Crippen LogP contribution is 2.10. The maximum Gasteiger partial charge on any atom is 0.320 e. The quantitative estimate of drug-likeness (QED) is 0.625. The van der Waals surface area contributed by atoms with Gasteiger partial charge in [-0.2, -0.15) is 0 Å². The monoisotopic (exact) mass is 194 g/mol. The molecule has 0 aromatic rings. The maximum absolute atomic E-state index is 11.9. The number of terminal acetylenes is 1. The van der Waals surface area contributed by atoms with Gasteiger partial charge in [0.05, 0.1) is 6.54 Å². The molecule has 1 saturated heterocycles. The maximum atomic E-state index is 11.9. The van der Waals surface area contributed by atoms with Gasteiger partial charge >= 0.3 is 6.03 Å². The minimum Gasteiger partial charge on any atom is -0.325 e. The second-order valence-corrected chi connectivity index (χ2v) is 3.60. The first-order chi connectivity index (χ1) is 6.79. The van der Waals surface area contributed by atoms with Crippen molar-refractivity contribution >= 4 is 6.03 Å². The van der Waals surface area contributed by atoms with Crippen LogP contribution in [0.3, 0.4) is 0 Å². The Labute approximate surface area is 86.1 Å². The number of hydrogen-bond acceptors (Lipinski definition) is 1. The van der Waals surface area contributed by atoms with Gasteiger partial charge in [-0.15, -0.1) is 6.42 Å². The third kappa shape index (κ3) is 2.66. The molecule has 1 rings (SSSR count). The van der Waals surface area contributed by atoms with Crippen molar-refractivity contribution < 1.29 is 4.79 Å². The molecule has 0 radical (unpaired) electrons. The fourth-order valence-corrected chi connectivity index (χ4v) is 1.73. The smallest absolute Gasteiger partial charge is 0.320 e. The second-order valence-electron chi connectivity index (χ2n) is 3.60. The van der Waals surface area contributed by atoms with E-state index in [1.54, 1.807) is 4.90 Å². The lowest BCUT2D eigenvalue weighted by Crippen LogP contribution is -2.42. The third-order valence-electron chi connectivity index (χ3n) is 2.42. The SMILES string of the molecule is C#CCN(CCC)C(=O)N1CCCC1. The first kappa shape index (κ1) is 10.9. The van der Waals surface area contributed by atoms with Gasteiger partial charge in [-0.25, -0.2) is 4.79 Å². The van der Waals surface area contributed by atoms with Gasteiger partial charge in [0.15, 0.2) is 0 Å². The van der Waals surface area contributed by atoms with Gasteiger partial charge in [0.1, 0.15) is 0 Å². The number of hydrogen-bond donors (Lipinski definition) is 0. The topological polar surface area (TPSA) is 23.6 Å². The molecule has 2 amide bonds. The van der Waals surface area contributed by atoms with Crippen LogP contribution < -0.4 is 0 Å². The molecule has 78 valence electrons. The third-order valence-corrected chi connectivity index (χ3v) is 2.42. The molecule has 1 aliphatic rings. The van der Waals surface area contributed by atoms with Crippen molar-refractivity contribution in [3.63, 3.8) is 0 Å². The van der Waals surface area contributed by atoms with E-state index < -0.39 is 0 Å². The van der Waals surface area contributed by atoms with Crippen LogP contribution in [0.5, 0.6) is 0 Å². The Balaban J connectivity index is 2.49. The van der Waals surface area contributed by atoms with Gasteiger partial charge in [-0.05, 0) is 19.3 Å². The number of amides is 2. The molecular weight excluding hydrogens is 176 g/mol. The molecule has 0 saturated carbocycles. The molecule has 1 heterocycles. The van der Waals surface area contributed by atoms with E-state index in [1.165, 1.54) is 0 Å². The molecule has 3 nitrogen and oxygen atoms in total. The summed E-state index contributed by atoms with van der Waals surface area (Å²) < 4.78 is 0. The summed E-state index contributed by atoms with van der Waals surface area (Å²) in [6.07, 6.45) is 8.45. The van der Waals surface area contributed by atoms with Crippen molar-refractivity contribution in [2.45, 2.75) is 26.2 Å². The van der Waals surface area contributed by atoms with E-state index >= 15 is 0 Å². The van der Waals surface area contributed by atoms with Crippen molar-refractivity contribution in [3.8, 4) is 12.3 Å². The van der Waals surface area contributed by atoms with E-state index in [0.717, 1.165) is 38.9 Å². The van der Waals surface area contributed by atoms with Gasteiger partial charge in [0.2, 0.25) is 0 Å². The van der Waals surface area contributed by atoms with Gasteiger partial charge in [0.25, 0.3) is 0 Å². The van der Waals surface area contributed by atoms with Crippen LogP contribution in [-0.2, 0) is 0 Å². The van der Waals surface area contributed by atoms with E-state index in [1.807, 2.05) is 4.90 Å². The molecule has 1 aliphatic heterocycles. The predicted octanol–water partition coefficient (Wildman–Crippen LogP) is 1.55. The molecule has 0 spiro atoms. The van der Waals surface area contributed by atoms with Crippen LogP contribution in [0, 0.1) is 12.3 Å². The van der Waals surface area contributed by atoms with Gasteiger partial charge in [-0.1, -0.05) is 12.8 Å². The summed E-state index contributed by atoms with van der Waals surface area (Å²) in [5.41, 5.74) is 0. The number of rotatable bonds is 3. The molecule has 0 aromatic carbocycles. The Morgan fingerprint density at radius 3 is 2.64 bits per heavy atom. The van der Waals surface area contributed by atoms with Crippen molar-refractivity contribution in [2.75, 3.05) is 26.2 Å². The Morgan fingerprint density at radius 1 is 1.50 bits per heavy atom. The number of carbonyl (C=O) groups is 1. The average molecular weight is 194 g/mol. The Hall–Kier alpha value is -1.17. The zero-order valence-electron chi connectivity index (χ0n) is 8.83. The van der Waals surface area contributed by atoms with E-state index in [4.69, 9.17) is 6.42 Å². The summed E-state index contributed by atoms with van der Waals surface area (Å²) in [6.45, 7) is 5.04. The van der Waals surface area contributed by atoms with E-state index in [2.05, 4.69) is 12.8 Å². The number of carbonyl (C=O) groups excluding carboxylic acids is 1. The summed E-state index contributed by atoms with van der Waals surface area (Å²) in [5, 5.41) is 0. The lowest BCUT2D eigenvalue weighted by atomic mass is 10.4. The van der Waals surface area contributed by atoms with Gasteiger partial charge in [0, 0.05) is 19.6 Å². The standard InChI is InChI=1S/C11H18N2O/c1-3-7-12(8-4-2)11(14)13-9-5-6-10-13/h1H,4-10H2,2H3. The Bertz CT molecular complexity index is 226. The van der Waals surface area contributed by atoms with E-state index in [-0.39, 0.29) is 6.03 Å². The molecule has 0 unspecified atom stereocenters. The summed E-state index contributed by atoms with van der Waals surface area (Å²) in [5.74, 6) is 2.54. The fraction of sp³-hybridized carbons (Fsp3) is 0.727. The molecular formula is C11H18N2O. The number of likely N-dealkylation sites (tertiary alicyclic amines) is 1. The fourth-order valence-electron chi connectivity index (χ4n) is 1.73. The predicted molar refractivity (Wildman–Crippen MR) is 56.9 cm³/mol. The molecule has 0 aromatic heterocycles. The van der Waals surface area contributed by atoms with E-state index in [9.17, 15) is 4.79 Å². The first-order valence-corrected chi connectivity index (χ1v) is 5.27. The van der Waals surface area contributed by atoms with E-state index in [0.29, 0.717) is 6.54 Å². The minimum atomic E-state index is 0.113. The van der Waals surface area contributed by atoms with Crippen molar-refractivity contribution in [2.24, 2.45) is 0 Å². The van der Waals surface area contributed by atoms with Crippen molar-refractivity contribution in [1.82, 2.24) is 9.80 Å². The number of nitrogens with zero attached hydrogens (tertiary/aromatic N) is 2. The summed E-state index contributed by atoms with van der Waals surface area (Å²) >= 11 is 0. The van der Waals surface area contributed by atoms with Crippen LogP contribution in [-0.4, -0.2) is 42.0 Å². The highest BCUT2D eigenvalue weighted by Gasteiger charge is 2.22. The largest absolute Gasteiger partial charge is 0.325 e. The number of urea groups is 1. The lowest BCUT2D eigenvalue weighted by Gasteiger charge is -2.25. The first-order valence-electron chi connectivity index (χ1n) is 5.27. The normalized spacial score (nSPS) is 15.3. The zero-order valence-corrected chi connectivity index (χ0v) is 8.83. The van der Waals surface area contributed by atoms with Crippen molar-refractivity contribution in [1.29, 1.82) is 0 Å². The summed E-state index contributed by atoms with van der Waals surface area (Å²) in [6, 6.07) is 0.113. The zero-order chi connectivity index (χ0) is 10.4. The molecule has 0 aliphatic carbocycles. The molecule has 3 heteroatoms. The molecule has 0 N–H and O–H groups in total. The Kier molecular flexibility index (Phi) is 4.31. The molecule has 0 bridgehead atoms. The van der Waals surface area contributed by atoms with Crippen LogP contribution in [0.1, 0.15) is 26.2 Å². The van der Waals surface area contributed by atoms with Crippen LogP contribution in [0.2, 0.25) is 0 Å². The summed E-state index contributed by atoms with van der Waals surface area (Å²) in [4.78, 5) is 15.5. The van der Waals surface area contributed by atoms with Crippen molar-refractivity contribution in [3.05, 3.63) is 0 Å². The van der Waals surface area contributed by atoms with Crippen LogP contribution in [0.25, 0.3) is 0 Å². The van der Waals surface area contributed by atoms with Crippen LogP contribution in [0.15, 0.2) is 0 Å². The van der Waals surface area contributed by atoms with Crippen LogP contribution >= 0.6 is 0 Å². The Morgan fingerprint density at radius 2 is 2.14 bits per heavy atom. The summed E-state index contributed by atoms with van der Waals surface area (Å²) in [7, 11) is 0. The van der Waals surface area contributed by atoms with Gasteiger partial charge in [-0.3, -0.25) is 0 Å². The molecule has 14 heavy (non-hydrogen) atoms. The van der Waals surface area contributed by atoms with Crippen LogP contribution in [0.4, 0.5) is 4.79 Å². The highest BCUT2D eigenvalue weighted by molar-refractivity contribution is 5.75. The molecule has 1 fully saturated rings. The average Bonchev–Trinajstić information content (AvgIpc) is 2.69. The highest BCUT2D eigenvalue weighted by atomic mass is 16.2. The molecule has 0 atom stereocenters. The minimum absolute atomic E-state index is 0.113.